The van der Waals surface area contributed by atoms with Gasteiger partial charge in [0.25, 0.3) is 0 Å². The van der Waals surface area contributed by atoms with Crippen LogP contribution in [-0.4, -0.2) is 33.1 Å². The van der Waals surface area contributed by atoms with Crippen molar-refractivity contribution in [2.75, 3.05) is 0 Å². The fraction of sp³-hybridized carbons (Fsp3) is 0.769. The smallest absolute Gasteiger partial charge is 0.0602 e. The highest BCUT2D eigenvalue weighted by atomic mass is 16.3. The third-order valence-electron chi connectivity index (χ3n) is 7.64. The molecule has 3 aliphatic carbocycles. The highest BCUT2D eigenvalue weighted by Gasteiger charge is 2.45. The molecule has 1 unspecified atom stereocenters. The summed E-state index contributed by atoms with van der Waals surface area (Å²) in [4.78, 5) is 0. The predicted octanol–water partition coefficient (Wildman–Crippen LogP) is 5.46. The van der Waals surface area contributed by atoms with Crippen LogP contribution in [0.15, 0.2) is 34.9 Å². The first-order valence-corrected chi connectivity index (χ1v) is 11.8. The summed E-state index contributed by atoms with van der Waals surface area (Å²) >= 11 is 0. The van der Waals surface area contributed by atoms with Gasteiger partial charge in [-0.3, -0.25) is 0 Å². The van der Waals surface area contributed by atoms with Crippen LogP contribution in [0.2, 0.25) is 0 Å². The molecule has 0 aliphatic heterocycles. The molecule has 2 fully saturated rings. The molecule has 164 valence electrons. The van der Waals surface area contributed by atoms with E-state index in [0.717, 1.165) is 25.7 Å². The summed E-state index contributed by atoms with van der Waals surface area (Å²) in [5.41, 5.74) is 4.07. The molecule has 0 heterocycles. The van der Waals surface area contributed by atoms with E-state index in [-0.39, 0.29) is 5.41 Å². The molecule has 29 heavy (non-hydrogen) atoms. The second-order valence-electron chi connectivity index (χ2n) is 10.8. The Morgan fingerprint density at radius 3 is 2.55 bits per heavy atom. The van der Waals surface area contributed by atoms with E-state index in [1.54, 1.807) is 11.1 Å². The fourth-order valence-corrected chi connectivity index (χ4v) is 6.14. The average Bonchev–Trinajstić information content (AvgIpc) is 2.95. The minimum Gasteiger partial charge on any atom is -0.393 e. The zero-order valence-electron chi connectivity index (χ0n) is 19.0. The first-order valence-electron chi connectivity index (χ1n) is 11.8. The lowest BCUT2D eigenvalue weighted by molar-refractivity contribution is 0.0608. The Morgan fingerprint density at radius 2 is 1.90 bits per heavy atom. The summed E-state index contributed by atoms with van der Waals surface area (Å²) in [5.74, 6) is 1.17. The van der Waals surface area contributed by atoms with E-state index in [0.29, 0.717) is 31.1 Å². The third-order valence-corrected chi connectivity index (χ3v) is 7.64. The topological polar surface area (TPSA) is 60.7 Å². The van der Waals surface area contributed by atoms with Crippen molar-refractivity contribution in [1.82, 2.24) is 0 Å². The van der Waals surface area contributed by atoms with Crippen LogP contribution in [0.4, 0.5) is 0 Å². The maximum absolute atomic E-state index is 10.0. The first-order chi connectivity index (χ1) is 13.6. The van der Waals surface area contributed by atoms with Crippen LogP contribution in [-0.2, 0) is 0 Å². The molecule has 3 aliphatic rings. The first kappa shape index (κ1) is 22.8. The van der Waals surface area contributed by atoms with Crippen molar-refractivity contribution in [3.05, 3.63) is 34.9 Å². The van der Waals surface area contributed by atoms with Crippen molar-refractivity contribution in [2.45, 2.75) is 110 Å². The van der Waals surface area contributed by atoms with Gasteiger partial charge in [-0.2, -0.15) is 0 Å². The third kappa shape index (κ3) is 5.62. The van der Waals surface area contributed by atoms with E-state index < -0.39 is 17.8 Å². The molecule has 2 saturated carbocycles. The largest absolute Gasteiger partial charge is 0.393 e. The molecular formula is C26H42O3. The Hall–Kier alpha value is -0.900. The molecule has 0 spiro atoms. The van der Waals surface area contributed by atoms with Gasteiger partial charge < -0.3 is 15.3 Å². The van der Waals surface area contributed by atoms with Crippen molar-refractivity contribution < 1.29 is 15.3 Å². The van der Waals surface area contributed by atoms with Crippen molar-refractivity contribution >= 4 is 0 Å². The summed E-state index contributed by atoms with van der Waals surface area (Å²) in [5, 5.41) is 29.9. The normalized spacial score (nSPS) is 35.4. The van der Waals surface area contributed by atoms with Gasteiger partial charge in [0.05, 0.1) is 17.8 Å². The number of hydrogen-bond donors (Lipinski definition) is 3. The van der Waals surface area contributed by atoms with E-state index in [4.69, 9.17) is 0 Å². The summed E-state index contributed by atoms with van der Waals surface area (Å²) in [6.07, 6.45) is 16.0. The molecule has 3 N–H and O–H groups in total. The minimum atomic E-state index is -0.565. The lowest BCUT2D eigenvalue weighted by atomic mass is 9.62. The second kappa shape index (κ2) is 9.08. The zero-order chi connectivity index (χ0) is 21.2. The van der Waals surface area contributed by atoms with Crippen LogP contribution < -0.4 is 0 Å². The highest BCUT2D eigenvalue weighted by molar-refractivity contribution is 5.34. The monoisotopic (exact) mass is 402 g/mol. The zero-order valence-corrected chi connectivity index (χ0v) is 19.0. The summed E-state index contributed by atoms with van der Waals surface area (Å²) in [6, 6.07) is 0. The molecule has 0 radical (unpaired) electrons. The van der Waals surface area contributed by atoms with Gasteiger partial charge in [-0.05, 0) is 88.9 Å². The number of rotatable bonds is 6. The van der Waals surface area contributed by atoms with Gasteiger partial charge in [0.2, 0.25) is 0 Å². The molecule has 0 amide bonds. The Bertz CT molecular complexity index is 654. The number of hydrogen-bond acceptors (Lipinski definition) is 3. The molecule has 5 atom stereocenters. The molecule has 0 aromatic rings. The van der Waals surface area contributed by atoms with Gasteiger partial charge in [0, 0.05) is 0 Å². The highest BCUT2D eigenvalue weighted by Crippen LogP contribution is 2.57. The van der Waals surface area contributed by atoms with E-state index in [1.165, 1.54) is 24.8 Å². The molecule has 3 heteroatoms. The molecule has 3 rings (SSSR count). The Kier molecular flexibility index (Phi) is 7.13. The molecule has 0 aromatic carbocycles. The van der Waals surface area contributed by atoms with Gasteiger partial charge in [-0.15, -0.1) is 0 Å². The SMILES string of the molecule is C[C@H](CCCC(C)(C)O)C1=CCC2/C(=C/C=C3C[C@@H](O)C[C@H](O)C3)CCC[C@]12C. The van der Waals surface area contributed by atoms with E-state index in [1.807, 2.05) is 13.8 Å². The van der Waals surface area contributed by atoms with Crippen molar-refractivity contribution in [1.29, 1.82) is 0 Å². The van der Waals surface area contributed by atoms with Crippen LogP contribution in [0.5, 0.6) is 0 Å². The Morgan fingerprint density at radius 1 is 1.21 bits per heavy atom. The van der Waals surface area contributed by atoms with Gasteiger partial charge in [-0.1, -0.05) is 55.2 Å². The fourth-order valence-electron chi connectivity index (χ4n) is 6.14. The maximum atomic E-state index is 10.0. The van der Waals surface area contributed by atoms with Crippen molar-refractivity contribution in [3.8, 4) is 0 Å². The summed E-state index contributed by atoms with van der Waals surface area (Å²) in [7, 11) is 0. The second-order valence-corrected chi connectivity index (χ2v) is 10.8. The average molecular weight is 403 g/mol. The van der Waals surface area contributed by atoms with Crippen LogP contribution in [0.25, 0.3) is 0 Å². The Balaban J connectivity index is 1.67. The van der Waals surface area contributed by atoms with E-state index in [2.05, 4.69) is 32.1 Å². The van der Waals surface area contributed by atoms with E-state index in [9.17, 15) is 15.3 Å². The summed E-state index contributed by atoms with van der Waals surface area (Å²) in [6.45, 7) is 8.65. The molecule has 0 bridgehead atoms. The van der Waals surface area contributed by atoms with Crippen LogP contribution in [0.3, 0.4) is 0 Å². The lowest BCUT2D eigenvalue weighted by Gasteiger charge is -2.42. The minimum absolute atomic E-state index is 0.266. The van der Waals surface area contributed by atoms with Crippen LogP contribution >= 0.6 is 0 Å². The molecule has 0 saturated heterocycles. The maximum Gasteiger partial charge on any atom is 0.0602 e. The van der Waals surface area contributed by atoms with E-state index >= 15 is 0 Å². The standard InChI is InChI=1S/C26H42O3/c1-18(7-5-13-25(2,3)29)23-11-12-24-20(8-6-14-26(23,24)4)10-9-19-15-21(27)17-22(28)16-19/h9-11,18,21-22,24,27-29H,5-8,12-17H2,1-4H3/b20-10+/t18-,21-,22-,24?,26-/m1/s1. The molecule has 0 aromatic heterocycles. The number of allylic oxidation sites excluding steroid dienone is 5. The van der Waals surface area contributed by atoms with Crippen LogP contribution in [0, 0.1) is 17.3 Å². The number of fused-ring (bicyclic) bond motifs is 1. The van der Waals surface area contributed by atoms with Crippen molar-refractivity contribution in [3.63, 3.8) is 0 Å². The molecular weight excluding hydrogens is 360 g/mol. The van der Waals surface area contributed by atoms with Crippen molar-refractivity contribution in [2.24, 2.45) is 17.3 Å². The summed E-state index contributed by atoms with van der Waals surface area (Å²) < 4.78 is 0. The molecule has 3 nitrogen and oxygen atoms in total. The number of aliphatic hydroxyl groups excluding tert-OH is 2. The quantitative estimate of drug-likeness (QED) is 0.517. The lowest BCUT2D eigenvalue weighted by Crippen LogP contribution is -2.32. The van der Waals surface area contributed by atoms with Gasteiger partial charge in [0.15, 0.2) is 0 Å². The Labute approximate surface area is 177 Å². The van der Waals surface area contributed by atoms with Gasteiger partial charge in [0.1, 0.15) is 0 Å². The predicted molar refractivity (Wildman–Crippen MR) is 119 cm³/mol. The van der Waals surface area contributed by atoms with Crippen LogP contribution in [0.1, 0.15) is 91.9 Å². The van der Waals surface area contributed by atoms with Gasteiger partial charge in [-0.25, -0.2) is 0 Å². The van der Waals surface area contributed by atoms with Gasteiger partial charge >= 0.3 is 0 Å². The number of aliphatic hydroxyl groups is 3.